The fourth-order valence-electron chi connectivity index (χ4n) is 2.94. The highest BCUT2D eigenvalue weighted by atomic mass is 15.3. The summed E-state index contributed by atoms with van der Waals surface area (Å²) < 4.78 is 3.79. The average molecular weight is 347 g/mol. The molecule has 0 bridgehead atoms. The second-order valence-electron chi connectivity index (χ2n) is 6.44. The molecule has 26 heavy (non-hydrogen) atoms. The Morgan fingerprint density at radius 3 is 2.62 bits per heavy atom. The average Bonchev–Trinajstić information content (AvgIpc) is 3.17. The monoisotopic (exact) mass is 347 g/mol. The zero-order valence-corrected chi connectivity index (χ0v) is 15.1. The minimum atomic E-state index is 0.604. The molecule has 0 saturated carbocycles. The minimum absolute atomic E-state index is 0.604. The number of nitrogens with zero attached hydrogens (tertiary/aromatic N) is 6. The Kier molecular flexibility index (Phi) is 4.12. The van der Waals surface area contributed by atoms with Crippen molar-refractivity contribution in [3.63, 3.8) is 0 Å². The number of aromatic nitrogens is 6. The number of fused-ring (bicyclic) bond motifs is 1. The fraction of sp³-hybridized carbons (Fsp3) is 0.263. The van der Waals surface area contributed by atoms with Gasteiger partial charge in [-0.05, 0) is 18.6 Å². The second kappa shape index (κ2) is 6.59. The number of imidazole rings is 1. The molecule has 0 unspecified atom stereocenters. The molecule has 4 aromatic rings. The van der Waals surface area contributed by atoms with Crippen molar-refractivity contribution in [2.45, 2.75) is 19.9 Å². The van der Waals surface area contributed by atoms with Crippen molar-refractivity contribution >= 4 is 17.1 Å². The molecule has 7 heteroatoms. The molecule has 0 atom stereocenters. The molecule has 0 aliphatic carbocycles. The van der Waals surface area contributed by atoms with E-state index in [1.54, 1.807) is 6.33 Å². The molecule has 3 aromatic heterocycles. The highest BCUT2D eigenvalue weighted by molar-refractivity contribution is 5.75. The van der Waals surface area contributed by atoms with Gasteiger partial charge < -0.3 is 9.88 Å². The molecule has 0 fully saturated rings. The maximum absolute atomic E-state index is 4.72. The third-order valence-corrected chi connectivity index (χ3v) is 4.44. The van der Waals surface area contributed by atoms with Crippen molar-refractivity contribution < 1.29 is 0 Å². The van der Waals surface area contributed by atoms with Crippen molar-refractivity contribution in [2.75, 3.05) is 5.32 Å². The van der Waals surface area contributed by atoms with E-state index in [-0.39, 0.29) is 0 Å². The van der Waals surface area contributed by atoms with E-state index in [2.05, 4.69) is 38.6 Å². The molecule has 0 aliphatic heterocycles. The first-order valence-electron chi connectivity index (χ1n) is 8.55. The SMILES string of the molecule is Cc1cc(Cc2nc(NCc3ccccc3)nc3c2ncn3C)nn1C. The molecule has 132 valence electrons. The first kappa shape index (κ1) is 16.3. The van der Waals surface area contributed by atoms with E-state index in [1.165, 1.54) is 5.56 Å². The lowest BCUT2D eigenvalue weighted by molar-refractivity contribution is 0.724. The molecule has 4 rings (SSSR count). The normalized spacial score (nSPS) is 11.2. The predicted molar refractivity (Wildman–Crippen MR) is 101 cm³/mol. The van der Waals surface area contributed by atoms with Gasteiger partial charge in [-0.15, -0.1) is 0 Å². The van der Waals surface area contributed by atoms with Crippen molar-refractivity contribution in [1.29, 1.82) is 0 Å². The molecule has 0 saturated heterocycles. The number of anilines is 1. The van der Waals surface area contributed by atoms with Gasteiger partial charge in [-0.1, -0.05) is 30.3 Å². The van der Waals surface area contributed by atoms with Crippen molar-refractivity contribution in [2.24, 2.45) is 14.1 Å². The number of rotatable bonds is 5. The van der Waals surface area contributed by atoms with Crippen LogP contribution in [0.5, 0.6) is 0 Å². The second-order valence-corrected chi connectivity index (χ2v) is 6.44. The molecular weight excluding hydrogens is 326 g/mol. The van der Waals surface area contributed by atoms with Gasteiger partial charge in [-0.3, -0.25) is 4.68 Å². The van der Waals surface area contributed by atoms with Gasteiger partial charge >= 0.3 is 0 Å². The van der Waals surface area contributed by atoms with E-state index in [1.807, 2.05) is 48.5 Å². The van der Waals surface area contributed by atoms with Gasteiger partial charge in [0.2, 0.25) is 5.95 Å². The lowest BCUT2D eigenvalue weighted by Gasteiger charge is -2.08. The molecule has 0 radical (unpaired) electrons. The highest BCUT2D eigenvalue weighted by Gasteiger charge is 2.14. The molecular formula is C19H21N7. The Labute approximate surface area is 151 Å². The summed E-state index contributed by atoms with van der Waals surface area (Å²) in [5.41, 5.74) is 5.80. The summed E-state index contributed by atoms with van der Waals surface area (Å²) in [5.74, 6) is 0.604. The Bertz CT molecular complexity index is 1030. The molecule has 1 aromatic carbocycles. The van der Waals surface area contributed by atoms with Gasteiger partial charge in [0, 0.05) is 32.8 Å². The number of nitrogens with one attached hydrogen (secondary N) is 1. The van der Waals surface area contributed by atoms with Crippen LogP contribution in [0.1, 0.15) is 22.6 Å². The fourth-order valence-corrected chi connectivity index (χ4v) is 2.94. The first-order valence-corrected chi connectivity index (χ1v) is 8.55. The maximum Gasteiger partial charge on any atom is 0.225 e. The van der Waals surface area contributed by atoms with Crippen LogP contribution in [0.25, 0.3) is 11.2 Å². The van der Waals surface area contributed by atoms with Crippen LogP contribution in [0, 0.1) is 6.92 Å². The summed E-state index contributed by atoms with van der Waals surface area (Å²) in [4.78, 5) is 13.8. The molecule has 1 N–H and O–H groups in total. The van der Waals surface area contributed by atoms with E-state index in [0.29, 0.717) is 18.9 Å². The lowest BCUT2D eigenvalue weighted by atomic mass is 10.2. The largest absolute Gasteiger partial charge is 0.350 e. The number of hydrogen-bond acceptors (Lipinski definition) is 5. The molecule has 3 heterocycles. The third kappa shape index (κ3) is 3.15. The van der Waals surface area contributed by atoms with Crippen LogP contribution >= 0.6 is 0 Å². The van der Waals surface area contributed by atoms with E-state index >= 15 is 0 Å². The maximum atomic E-state index is 4.72. The summed E-state index contributed by atoms with van der Waals surface area (Å²) >= 11 is 0. The van der Waals surface area contributed by atoms with Crippen LogP contribution < -0.4 is 5.32 Å². The number of hydrogen-bond donors (Lipinski definition) is 1. The summed E-state index contributed by atoms with van der Waals surface area (Å²) in [5, 5.41) is 7.87. The Morgan fingerprint density at radius 1 is 1.08 bits per heavy atom. The lowest BCUT2D eigenvalue weighted by Crippen LogP contribution is -2.07. The Morgan fingerprint density at radius 2 is 1.88 bits per heavy atom. The van der Waals surface area contributed by atoms with E-state index in [4.69, 9.17) is 4.98 Å². The number of benzene rings is 1. The smallest absolute Gasteiger partial charge is 0.225 e. The standard InChI is InChI=1S/C19H21N7/c1-13-9-15(24-26(13)3)10-16-17-18(25(2)12-21-17)23-19(22-16)20-11-14-7-5-4-6-8-14/h4-9,12H,10-11H2,1-3H3,(H,20,22,23). The van der Waals surface area contributed by atoms with Gasteiger partial charge in [0.05, 0.1) is 17.7 Å². The van der Waals surface area contributed by atoms with Crippen LogP contribution in [-0.4, -0.2) is 29.3 Å². The van der Waals surface area contributed by atoms with Crippen molar-refractivity contribution in [3.8, 4) is 0 Å². The molecule has 0 aliphatic rings. The predicted octanol–water partition coefficient (Wildman–Crippen LogP) is 2.61. The van der Waals surface area contributed by atoms with Gasteiger partial charge in [-0.25, -0.2) is 9.97 Å². The third-order valence-electron chi connectivity index (χ3n) is 4.44. The van der Waals surface area contributed by atoms with Gasteiger partial charge in [0.25, 0.3) is 0 Å². The Balaban J connectivity index is 1.67. The summed E-state index contributed by atoms with van der Waals surface area (Å²) in [6.45, 7) is 2.71. The quantitative estimate of drug-likeness (QED) is 0.601. The Hall–Kier alpha value is -3.22. The summed E-state index contributed by atoms with van der Waals surface area (Å²) in [7, 11) is 3.89. The van der Waals surface area contributed by atoms with Crippen molar-refractivity contribution in [3.05, 3.63) is 65.4 Å². The van der Waals surface area contributed by atoms with Crippen LogP contribution in [0.3, 0.4) is 0 Å². The minimum Gasteiger partial charge on any atom is -0.350 e. The zero-order valence-electron chi connectivity index (χ0n) is 15.1. The summed E-state index contributed by atoms with van der Waals surface area (Å²) in [6, 6.07) is 12.3. The van der Waals surface area contributed by atoms with Gasteiger partial charge in [0.1, 0.15) is 5.52 Å². The van der Waals surface area contributed by atoms with E-state index in [9.17, 15) is 0 Å². The molecule has 0 amide bonds. The van der Waals surface area contributed by atoms with E-state index < -0.39 is 0 Å². The van der Waals surface area contributed by atoms with Crippen LogP contribution in [-0.2, 0) is 27.1 Å². The van der Waals surface area contributed by atoms with Gasteiger partial charge in [-0.2, -0.15) is 10.1 Å². The molecule has 0 spiro atoms. The van der Waals surface area contributed by atoms with Crippen LogP contribution in [0.4, 0.5) is 5.95 Å². The zero-order chi connectivity index (χ0) is 18.1. The van der Waals surface area contributed by atoms with Crippen LogP contribution in [0.15, 0.2) is 42.7 Å². The first-order chi connectivity index (χ1) is 12.6. The number of aryl methyl sites for hydroxylation is 3. The topological polar surface area (TPSA) is 73.5 Å². The van der Waals surface area contributed by atoms with Gasteiger partial charge in [0.15, 0.2) is 5.65 Å². The highest BCUT2D eigenvalue weighted by Crippen LogP contribution is 2.19. The van der Waals surface area contributed by atoms with E-state index in [0.717, 1.165) is 28.2 Å². The molecule has 7 nitrogen and oxygen atoms in total. The summed E-state index contributed by atoms with van der Waals surface area (Å²) in [6.07, 6.45) is 2.39. The van der Waals surface area contributed by atoms with Crippen LogP contribution in [0.2, 0.25) is 0 Å². The van der Waals surface area contributed by atoms with Crippen molar-refractivity contribution in [1.82, 2.24) is 29.3 Å².